The molecule has 1 unspecified atom stereocenters. The van der Waals surface area contributed by atoms with Crippen molar-refractivity contribution in [3.05, 3.63) is 77.4 Å². The quantitative estimate of drug-likeness (QED) is 0.337. The van der Waals surface area contributed by atoms with Crippen molar-refractivity contribution in [2.45, 2.75) is 36.2 Å². The summed E-state index contributed by atoms with van der Waals surface area (Å²) in [5.41, 5.74) is -0.107. The summed E-state index contributed by atoms with van der Waals surface area (Å²) >= 11 is 0. The number of nitrogens with zero attached hydrogens (tertiary/aromatic N) is 5. The van der Waals surface area contributed by atoms with E-state index in [4.69, 9.17) is 14.2 Å². The summed E-state index contributed by atoms with van der Waals surface area (Å²) in [5, 5.41) is 10.0. The van der Waals surface area contributed by atoms with Gasteiger partial charge >= 0.3 is 0 Å². The first-order valence-corrected chi connectivity index (χ1v) is 17.4. The zero-order valence-electron chi connectivity index (χ0n) is 27.3. The van der Waals surface area contributed by atoms with Crippen LogP contribution in [0.5, 0.6) is 17.2 Å². The number of nitriles is 1. The smallest absolute Gasteiger partial charge is 0.274 e. The van der Waals surface area contributed by atoms with Gasteiger partial charge in [0.1, 0.15) is 22.1 Å². The van der Waals surface area contributed by atoms with Crippen molar-refractivity contribution in [2.75, 3.05) is 71.4 Å². The van der Waals surface area contributed by atoms with Gasteiger partial charge < -0.3 is 19.1 Å². The molecule has 1 amide bonds. The van der Waals surface area contributed by atoms with Gasteiger partial charge in [-0.1, -0.05) is 18.2 Å². The van der Waals surface area contributed by atoms with Crippen molar-refractivity contribution in [1.29, 1.82) is 5.26 Å². The second-order valence-corrected chi connectivity index (χ2v) is 13.9. The average molecular weight is 660 g/mol. The molecular weight excluding hydrogens is 618 g/mol. The molecule has 0 N–H and O–H groups in total. The average Bonchev–Trinajstić information content (AvgIpc) is 3.37. The summed E-state index contributed by atoms with van der Waals surface area (Å²) in [5.74, 6) is 0.289. The highest BCUT2D eigenvalue weighted by Crippen LogP contribution is 2.53. The number of benzene rings is 3. The Bertz CT molecular complexity index is 1790. The molecule has 3 aliphatic heterocycles. The molecule has 3 aromatic carbocycles. The van der Waals surface area contributed by atoms with E-state index in [1.165, 1.54) is 32.4 Å². The third-order valence-electron chi connectivity index (χ3n) is 9.69. The summed E-state index contributed by atoms with van der Waals surface area (Å²) in [4.78, 5) is 22.1. The number of anilines is 1. The van der Waals surface area contributed by atoms with Crippen LogP contribution in [0.2, 0.25) is 0 Å². The highest BCUT2D eigenvalue weighted by molar-refractivity contribution is 7.93. The van der Waals surface area contributed by atoms with Crippen LogP contribution in [0, 0.1) is 11.3 Å². The summed E-state index contributed by atoms with van der Waals surface area (Å²) in [7, 11) is 0.473. The van der Waals surface area contributed by atoms with E-state index in [1.807, 2.05) is 25.1 Å². The number of carbonyl (C=O) groups is 1. The Kier molecular flexibility index (Phi) is 9.18. The molecule has 0 radical (unpaired) electrons. The molecule has 0 aromatic heterocycles. The summed E-state index contributed by atoms with van der Waals surface area (Å²) in [6, 6.07) is 19.1. The number of hydrogen-bond donors (Lipinski definition) is 0. The minimum atomic E-state index is -4.53. The van der Waals surface area contributed by atoms with Gasteiger partial charge in [-0.3, -0.25) is 14.6 Å². The number of fused-ring (bicyclic) bond motifs is 1. The fourth-order valence-corrected chi connectivity index (χ4v) is 8.94. The minimum Gasteiger partial charge on any atom is -0.497 e. The predicted molar refractivity (Wildman–Crippen MR) is 177 cm³/mol. The number of sulfonamides is 1. The van der Waals surface area contributed by atoms with Crippen LogP contribution in [0.15, 0.2) is 65.6 Å². The number of piperidine rings is 1. The number of piperazine rings is 1. The van der Waals surface area contributed by atoms with Crippen LogP contribution in [-0.2, 0) is 20.4 Å². The standard InChI is InChI=1S/C35H41N5O6S/c1-5-46-31-9-7-6-8-28(31)35(39-20-18-38(19-21-39)26-14-16-37(2)17-15-26)29-22-25(24-36)10-12-30(29)40(34(35)41)47(42,43)33-13-11-27(44-3)23-32(33)45-4/h6-13,22-23,26H,5,14-21H2,1-4H3. The third-order valence-corrected chi connectivity index (χ3v) is 11.4. The lowest BCUT2D eigenvalue weighted by atomic mass is 9.80. The number of hydrogen-bond acceptors (Lipinski definition) is 10. The number of amides is 1. The molecule has 248 valence electrons. The molecule has 0 saturated carbocycles. The molecule has 0 aliphatic carbocycles. The Morgan fingerprint density at radius 3 is 2.28 bits per heavy atom. The summed E-state index contributed by atoms with van der Waals surface area (Å²) in [6.07, 6.45) is 2.16. The molecule has 47 heavy (non-hydrogen) atoms. The zero-order valence-corrected chi connectivity index (χ0v) is 28.1. The molecule has 12 heteroatoms. The number of likely N-dealkylation sites (tertiary alicyclic amines) is 1. The van der Waals surface area contributed by atoms with Crippen molar-refractivity contribution in [1.82, 2.24) is 14.7 Å². The van der Waals surface area contributed by atoms with Crippen LogP contribution in [0.1, 0.15) is 36.5 Å². The van der Waals surface area contributed by atoms with E-state index < -0.39 is 21.5 Å². The van der Waals surface area contributed by atoms with Gasteiger partial charge in [-0.2, -0.15) is 5.26 Å². The Labute approximate surface area is 276 Å². The van der Waals surface area contributed by atoms with Gasteiger partial charge in [0, 0.05) is 49.4 Å². The molecule has 2 saturated heterocycles. The van der Waals surface area contributed by atoms with Gasteiger partial charge in [-0.15, -0.1) is 0 Å². The lowest BCUT2D eigenvalue weighted by Crippen LogP contribution is -2.61. The van der Waals surface area contributed by atoms with E-state index in [1.54, 1.807) is 24.3 Å². The van der Waals surface area contributed by atoms with E-state index in [-0.39, 0.29) is 16.3 Å². The maximum absolute atomic E-state index is 15.4. The summed E-state index contributed by atoms with van der Waals surface area (Å²) in [6.45, 7) is 6.75. The van der Waals surface area contributed by atoms with Gasteiger partial charge in [0.2, 0.25) is 0 Å². The Balaban J connectivity index is 1.53. The zero-order chi connectivity index (χ0) is 33.3. The van der Waals surface area contributed by atoms with Crippen molar-refractivity contribution in [3.8, 4) is 23.3 Å². The maximum Gasteiger partial charge on any atom is 0.274 e. The van der Waals surface area contributed by atoms with E-state index in [2.05, 4.69) is 27.8 Å². The van der Waals surface area contributed by atoms with E-state index in [0.717, 1.165) is 30.2 Å². The van der Waals surface area contributed by atoms with Crippen LogP contribution >= 0.6 is 0 Å². The Morgan fingerprint density at radius 1 is 0.894 bits per heavy atom. The number of carbonyl (C=O) groups excluding carboxylic acids is 1. The SMILES string of the molecule is CCOc1ccccc1C1(N2CCN(C3CCN(C)CC3)CC2)C(=O)N(S(=O)(=O)c2ccc(OC)cc2OC)c2ccc(C#N)cc21. The first kappa shape index (κ1) is 32.8. The van der Waals surface area contributed by atoms with Crippen molar-refractivity contribution in [3.63, 3.8) is 0 Å². The van der Waals surface area contributed by atoms with Gasteiger partial charge in [0.25, 0.3) is 15.9 Å². The lowest BCUT2D eigenvalue weighted by molar-refractivity contribution is -0.128. The van der Waals surface area contributed by atoms with Crippen molar-refractivity contribution >= 4 is 21.6 Å². The van der Waals surface area contributed by atoms with Crippen molar-refractivity contribution in [2.24, 2.45) is 0 Å². The summed E-state index contributed by atoms with van der Waals surface area (Å²) < 4.78 is 47.2. The van der Waals surface area contributed by atoms with E-state index >= 15 is 4.79 Å². The molecule has 1 atom stereocenters. The number of ether oxygens (including phenoxy) is 3. The van der Waals surface area contributed by atoms with Gasteiger partial charge in [0.05, 0.1) is 38.1 Å². The molecule has 0 bridgehead atoms. The lowest BCUT2D eigenvalue weighted by Gasteiger charge is -2.48. The monoisotopic (exact) mass is 659 g/mol. The van der Waals surface area contributed by atoms with Crippen LogP contribution in [0.25, 0.3) is 0 Å². The second kappa shape index (κ2) is 13.2. The van der Waals surface area contributed by atoms with Crippen LogP contribution in [0.4, 0.5) is 5.69 Å². The number of rotatable bonds is 9. The molecule has 3 aromatic rings. The Hall–Kier alpha value is -4.15. The molecule has 3 aliphatic rings. The highest BCUT2D eigenvalue weighted by Gasteiger charge is 2.61. The van der Waals surface area contributed by atoms with Crippen LogP contribution < -0.4 is 18.5 Å². The van der Waals surface area contributed by atoms with E-state index in [9.17, 15) is 13.7 Å². The topological polar surface area (TPSA) is 116 Å². The predicted octanol–water partition coefficient (Wildman–Crippen LogP) is 3.67. The maximum atomic E-state index is 15.4. The number of methoxy groups -OCH3 is 2. The second-order valence-electron chi connectivity index (χ2n) is 12.1. The molecule has 11 nitrogen and oxygen atoms in total. The van der Waals surface area contributed by atoms with Gasteiger partial charge in [-0.05, 0) is 76.3 Å². The van der Waals surface area contributed by atoms with Crippen molar-refractivity contribution < 1.29 is 27.4 Å². The Morgan fingerprint density at radius 2 is 1.62 bits per heavy atom. The third kappa shape index (κ3) is 5.51. The van der Waals surface area contributed by atoms with Gasteiger partial charge in [0.15, 0.2) is 5.54 Å². The molecule has 6 rings (SSSR count). The first-order valence-electron chi connectivity index (χ1n) is 16.0. The first-order chi connectivity index (χ1) is 22.7. The van der Waals surface area contributed by atoms with E-state index in [0.29, 0.717) is 67.0 Å². The minimum absolute atomic E-state index is 0.0475. The largest absolute Gasteiger partial charge is 0.497 e. The fourth-order valence-electron chi connectivity index (χ4n) is 7.33. The normalized spacial score (nSPS) is 21.3. The molecule has 2 fully saturated rings. The number of para-hydroxylation sites is 1. The highest BCUT2D eigenvalue weighted by atomic mass is 32.2. The molecular formula is C35H41N5O6S. The molecule has 0 spiro atoms. The molecule has 3 heterocycles. The fraction of sp³-hybridized carbons (Fsp3) is 0.429. The van der Waals surface area contributed by atoms with Gasteiger partial charge in [-0.25, -0.2) is 12.7 Å². The van der Waals surface area contributed by atoms with Crippen LogP contribution in [-0.4, -0.2) is 102 Å². The van der Waals surface area contributed by atoms with Crippen LogP contribution in [0.3, 0.4) is 0 Å².